The molecule has 22 heavy (non-hydrogen) atoms. The monoisotopic (exact) mass is 349 g/mol. The molecule has 0 bridgehead atoms. The second-order valence-corrected chi connectivity index (χ2v) is 9.59. The zero-order chi connectivity index (χ0) is 17.1. The molecule has 126 valence electrons. The highest BCUT2D eigenvalue weighted by molar-refractivity contribution is 7.90. The lowest BCUT2D eigenvalue weighted by Gasteiger charge is -2.20. The molecule has 0 amide bonds. The first-order valence-electron chi connectivity index (χ1n) is 6.63. The van der Waals surface area contributed by atoms with Crippen LogP contribution in [0.2, 0.25) is 0 Å². The first-order valence-corrected chi connectivity index (χ1v) is 9.51. The smallest absolute Gasteiger partial charge is 0.242 e. The van der Waals surface area contributed by atoms with E-state index in [0.717, 1.165) is 4.31 Å². The van der Waals surface area contributed by atoms with Crippen LogP contribution in [0.3, 0.4) is 0 Å². The molecule has 0 radical (unpaired) electrons. The molecule has 0 unspecified atom stereocenters. The Morgan fingerprint density at radius 3 is 1.77 bits per heavy atom. The topological polar surface area (TPSA) is 78.0 Å². The molecule has 0 aliphatic heterocycles. The van der Waals surface area contributed by atoms with Crippen molar-refractivity contribution in [3.8, 4) is 0 Å². The van der Waals surface area contributed by atoms with E-state index in [9.17, 15) is 16.8 Å². The van der Waals surface area contributed by atoms with Crippen molar-refractivity contribution in [3.63, 3.8) is 0 Å². The number of rotatable bonds is 7. The van der Waals surface area contributed by atoms with Crippen LogP contribution in [0.25, 0.3) is 0 Å². The third-order valence-corrected chi connectivity index (χ3v) is 6.82. The quantitative estimate of drug-likeness (QED) is 0.699. The van der Waals surface area contributed by atoms with Gasteiger partial charge in [0.05, 0.1) is 9.79 Å². The van der Waals surface area contributed by atoms with Crippen molar-refractivity contribution in [2.24, 2.45) is 0 Å². The van der Waals surface area contributed by atoms with Crippen molar-refractivity contribution in [2.75, 3.05) is 48.3 Å². The molecule has 0 fully saturated rings. The number of sulfonamides is 2. The van der Waals surface area contributed by atoms with Gasteiger partial charge in [-0.2, -0.15) is 4.31 Å². The van der Waals surface area contributed by atoms with Crippen LogP contribution in [-0.2, 0) is 20.0 Å². The van der Waals surface area contributed by atoms with E-state index in [4.69, 9.17) is 0 Å². The van der Waals surface area contributed by atoms with Crippen LogP contribution >= 0.6 is 0 Å². The zero-order valence-electron chi connectivity index (χ0n) is 13.5. The van der Waals surface area contributed by atoms with Gasteiger partial charge in [0.15, 0.2) is 0 Å². The van der Waals surface area contributed by atoms with Gasteiger partial charge >= 0.3 is 0 Å². The average Bonchev–Trinajstić information content (AvgIpc) is 2.44. The minimum absolute atomic E-state index is 0.0309. The summed E-state index contributed by atoms with van der Waals surface area (Å²) in [5, 5.41) is 0. The van der Waals surface area contributed by atoms with Gasteiger partial charge in [-0.05, 0) is 32.3 Å². The van der Waals surface area contributed by atoms with Gasteiger partial charge in [0.1, 0.15) is 0 Å². The third kappa shape index (κ3) is 4.26. The van der Waals surface area contributed by atoms with Gasteiger partial charge in [-0.3, -0.25) is 0 Å². The molecule has 0 aliphatic rings. The Kier molecular flexibility index (Phi) is 6.10. The molecular formula is C13H23N3O4S2. The molecule has 0 N–H and O–H groups in total. The van der Waals surface area contributed by atoms with Crippen molar-refractivity contribution in [1.29, 1.82) is 0 Å². The Morgan fingerprint density at radius 1 is 0.818 bits per heavy atom. The lowest BCUT2D eigenvalue weighted by molar-refractivity contribution is 0.358. The number of likely N-dealkylation sites (N-methyl/N-ethyl adjacent to an activating group) is 2. The summed E-state index contributed by atoms with van der Waals surface area (Å²) in [7, 11) is 0.599. The van der Waals surface area contributed by atoms with Crippen LogP contribution in [0, 0.1) is 0 Å². The predicted octanol–water partition coefficient (Wildman–Crippen LogP) is 0.119. The molecule has 1 aromatic carbocycles. The third-order valence-electron chi connectivity index (χ3n) is 3.15. The normalized spacial score (nSPS) is 13.3. The number of benzene rings is 1. The molecule has 0 aromatic heterocycles. The Hall–Kier alpha value is -1.00. The molecule has 0 spiro atoms. The fourth-order valence-corrected chi connectivity index (χ4v) is 3.88. The maximum absolute atomic E-state index is 12.5. The second-order valence-electron chi connectivity index (χ2n) is 5.39. The summed E-state index contributed by atoms with van der Waals surface area (Å²) in [6.45, 7) is 0.894. The first-order chi connectivity index (χ1) is 9.99. The van der Waals surface area contributed by atoms with E-state index in [0.29, 0.717) is 13.1 Å². The summed E-state index contributed by atoms with van der Waals surface area (Å²) in [6.07, 6.45) is 0. The molecule has 0 saturated carbocycles. The Bertz CT molecular complexity index is 713. The summed E-state index contributed by atoms with van der Waals surface area (Å²) >= 11 is 0. The first kappa shape index (κ1) is 19.0. The van der Waals surface area contributed by atoms with Gasteiger partial charge in [0, 0.05) is 34.2 Å². The molecule has 0 atom stereocenters. The molecular weight excluding hydrogens is 326 g/mol. The van der Waals surface area contributed by atoms with Crippen LogP contribution in [0.1, 0.15) is 0 Å². The molecule has 9 heteroatoms. The molecule has 1 aromatic rings. The number of hydrogen-bond donors (Lipinski definition) is 0. The van der Waals surface area contributed by atoms with Crippen LogP contribution < -0.4 is 0 Å². The van der Waals surface area contributed by atoms with E-state index >= 15 is 0 Å². The molecule has 7 nitrogen and oxygen atoms in total. The summed E-state index contributed by atoms with van der Waals surface area (Å²) in [5.74, 6) is 0. The van der Waals surface area contributed by atoms with Crippen LogP contribution in [0.5, 0.6) is 0 Å². The maximum atomic E-state index is 12.5. The van der Waals surface area contributed by atoms with E-state index in [1.165, 1.54) is 49.7 Å². The van der Waals surface area contributed by atoms with Crippen molar-refractivity contribution < 1.29 is 16.8 Å². The van der Waals surface area contributed by atoms with E-state index < -0.39 is 20.0 Å². The van der Waals surface area contributed by atoms with Gasteiger partial charge in [-0.25, -0.2) is 21.1 Å². The van der Waals surface area contributed by atoms with Crippen LogP contribution in [-0.4, -0.2) is 78.7 Å². The fourth-order valence-electron chi connectivity index (χ4n) is 1.65. The molecule has 0 aliphatic carbocycles. The van der Waals surface area contributed by atoms with Gasteiger partial charge < -0.3 is 4.90 Å². The van der Waals surface area contributed by atoms with E-state index in [2.05, 4.69) is 0 Å². The number of nitrogens with zero attached hydrogens (tertiary/aromatic N) is 3. The zero-order valence-corrected chi connectivity index (χ0v) is 15.1. The number of hydrogen-bond acceptors (Lipinski definition) is 5. The van der Waals surface area contributed by atoms with Crippen molar-refractivity contribution in [2.45, 2.75) is 9.79 Å². The second kappa shape index (κ2) is 7.05. The lowest BCUT2D eigenvalue weighted by atomic mass is 10.4. The maximum Gasteiger partial charge on any atom is 0.242 e. The largest absolute Gasteiger partial charge is 0.308 e. The van der Waals surface area contributed by atoms with Crippen molar-refractivity contribution in [3.05, 3.63) is 24.3 Å². The fraction of sp³-hybridized carbons (Fsp3) is 0.538. The lowest BCUT2D eigenvalue weighted by Crippen LogP contribution is -2.33. The summed E-state index contributed by atoms with van der Waals surface area (Å²) < 4.78 is 51.5. The Labute approximate surface area is 133 Å². The molecule has 0 saturated heterocycles. The molecule has 0 heterocycles. The highest BCUT2D eigenvalue weighted by atomic mass is 32.2. The van der Waals surface area contributed by atoms with Gasteiger partial charge in [-0.1, -0.05) is 6.07 Å². The van der Waals surface area contributed by atoms with Crippen molar-refractivity contribution >= 4 is 20.0 Å². The summed E-state index contributed by atoms with van der Waals surface area (Å²) in [6, 6.07) is 5.41. The van der Waals surface area contributed by atoms with Gasteiger partial charge in [-0.15, -0.1) is 0 Å². The van der Waals surface area contributed by atoms with E-state index in [-0.39, 0.29) is 9.79 Å². The summed E-state index contributed by atoms with van der Waals surface area (Å²) in [4.78, 5) is 1.80. The summed E-state index contributed by atoms with van der Waals surface area (Å²) in [5.41, 5.74) is 0. The minimum Gasteiger partial charge on any atom is -0.308 e. The average molecular weight is 349 g/mol. The van der Waals surface area contributed by atoms with Gasteiger partial charge in [0.2, 0.25) is 20.0 Å². The predicted molar refractivity (Wildman–Crippen MR) is 85.7 cm³/mol. The SMILES string of the molecule is CN(C)CCN(C)S(=O)(=O)c1cccc(S(=O)(=O)N(C)C)c1. The van der Waals surface area contributed by atoms with Gasteiger partial charge in [0.25, 0.3) is 0 Å². The highest BCUT2D eigenvalue weighted by Gasteiger charge is 2.24. The van der Waals surface area contributed by atoms with Crippen LogP contribution in [0.4, 0.5) is 0 Å². The van der Waals surface area contributed by atoms with Crippen molar-refractivity contribution in [1.82, 2.24) is 13.5 Å². The molecule has 1 rings (SSSR count). The minimum atomic E-state index is -3.72. The standard InChI is InChI=1S/C13H23N3O4S2/c1-14(2)9-10-16(5)22(19,20)13-8-6-7-12(11-13)21(17,18)15(3)4/h6-8,11H,9-10H2,1-5H3. The Morgan fingerprint density at radius 2 is 1.32 bits per heavy atom. The van der Waals surface area contributed by atoms with E-state index in [1.54, 1.807) is 0 Å². The van der Waals surface area contributed by atoms with E-state index in [1.807, 2.05) is 19.0 Å². The Balaban J connectivity index is 3.17. The highest BCUT2D eigenvalue weighted by Crippen LogP contribution is 2.20. The van der Waals surface area contributed by atoms with Crippen LogP contribution in [0.15, 0.2) is 34.1 Å².